The first-order valence-electron chi connectivity index (χ1n) is 22.8. The van der Waals surface area contributed by atoms with Crippen LogP contribution in [0.3, 0.4) is 0 Å². The maximum absolute atomic E-state index is 12.7. The van der Waals surface area contributed by atoms with Gasteiger partial charge in [0, 0.05) is 36.6 Å². The van der Waals surface area contributed by atoms with Crippen molar-refractivity contribution in [3.63, 3.8) is 0 Å². The van der Waals surface area contributed by atoms with Crippen LogP contribution in [0.15, 0.2) is 21.7 Å². The highest BCUT2D eigenvalue weighted by atomic mass is 16.2. The summed E-state index contributed by atoms with van der Waals surface area (Å²) in [5.74, 6) is 0.582. The van der Waals surface area contributed by atoms with Crippen LogP contribution in [0.25, 0.3) is 0 Å². The van der Waals surface area contributed by atoms with Crippen molar-refractivity contribution in [2.45, 2.75) is 202 Å². The molecular formula is C45H80N8O4. The molecule has 12 nitrogen and oxygen atoms in total. The van der Waals surface area contributed by atoms with Crippen molar-refractivity contribution in [2.24, 2.45) is 11.3 Å². The van der Waals surface area contributed by atoms with Crippen LogP contribution in [0, 0.1) is 11.3 Å². The molecule has 6 N–H and O–H groups in total. The van der Waals surface area contributed by atoms with Crippen molar-refractivity contribution in [3.05, 3.63) is 44.2 Å². The van der Waals surface area contributed by atoms with Gasteiger partial charge in [-0.2, -0.15) is 0 Å². The Balaban J connectivity index is 1.62. The molecule has 324 valence electrons. The van der Waals surface area contributed by atoms with Crippen LogP contribution in [-0.2, 0) is 12.8 Å². The number of nitrogens with one attached hydrogen (secondary N) is 6. The molecule has 0 fully saturated rings. The Morgan fingerprint density at radius 1 is 0.596 bits per heavy atom. The minimum atomic E-state index is -0.418. The number of hydrogen-bond acceptors (Lipinski definition) is 6. The maximum Gasteiger partial charge on any atom is 0.321 e. The van der Waals surface area contributed by atoms with Crippen molar-refractivity contribution in [1.29, 1.82) is 0 Å². The van der Waals surface area contributed by atoms with Crippen molar-refractivity contribution >= 4 is 24.0 Å². The largest absolute Gasteiger partial charge is 0.338 e. The summed E-state index contributed by atoms with van der Waals surface area (Å²) in [6, 6.07) is 2.19. The number of amides is 4. The van der Waals surface area contributed by atoms with Gasteiger partial charge in [0.1, 0.15) is 0 Å². The molecule has 1 unspecified atom stereocenters. The lowest BCUT2D eigenvalue weighted by molar-refractivity contribution is 0.231. The van der Waals surface area contributed by atoms with Crippen LogP contribution < -0.4 is 32.4 Å². The summed E-state index contributed by atoms with van der Waals surface area (Å²) in [6.45, 7) is 11.7. The Labute approximate surface area is 344 Å². The molecule has 2 rings (SSSR count). The van der Waals surface area contributed by atoms with Gasteiger partial charge >= 0.3 is 12.1 Å². The summed E-state index contributed by atoms with van der Waals surface area (Å²) in [5, 5.41) is 11.2. The van der Waals surface area contributed by atoms with E-state index in [2.05, 4.69) is 75.8 Å². The van der Waals surface area contributed by atoms with Crippen LogP contribution >= 0.6 is 0 Å². The number of aromatic amines is 2. The number of anilines is 2. The Kier molecular flexibility index (Phi) is 26.4. The van der Waals surface area contributed by atoms with Crippen molar-refractivity contribution in [1.82, 2.24) is 30.6 Å². The van der Waals surface area contributed by atoms with Crippen molar-refractivity contribution < 1.29 is 9.59 Å². The van der Waals surface area contributed by atoms with Gasteiger partial charge in [0.15, 0.2) is 0 Å². The van der Waals surface area contributed by atoms with Gasteiger partial charge in [-0.05, 0) is 49.9 Å². The first-order valence-corrected chi connectivity index (χ1v) is 22.8. The molecule has 2 heterocycles. The fourth-order valence-electron chi connectivity index (χ4n) is 7.50. The van der Waals surface area contributed by atoms with Gasteiger partial charge in [0.25, 0.3) is 11.1 Å². The summed E-state index contributed by atoms with van der Waals surface area (Å²) in [4.78, 5) is 64.0. The zero-order valence-electron chi connectivity index (χ0n) is 36.6. The quantitative estimate of drug-likeness (QED) is 0.0392. The van der Waals surface area contributed by atoms with Crippen LogP contribution in [0.4, 0.5) is 21.5 Å². The summed E-state index contributed by atoms with van der Waals surface area (Å²) in [7, 11) is 0. The number of carbonyl (C=O) groups excluding carboxylic acids is 2. The molecule has 57 heavy (non-hydrogen) atoms. The average Bonchev–Trinajstić information content (AvgIpc) is 3.14. The van der Waals surface area contributed by atoms with Crippen molar-refractivity contribution in [2.75, 3.05) is 23.7 Å². The molecular weight excluding hydrogens is 717 g/mol. The summed E-state index contributed by atoms with van der Waals surface area (Å²) in [5.41, 5.74) is 0.617. The third kappa shape index (κ3) is 26.0. The molecule has 0 saturated heterocycles. The van der Waals surface area contributed by atoms with E-state index in [-0.39, 0.29) is 34.3 Å². The first-order chi connectivity index (χ1) is 27.5. The Morgan fingerprint density at radius 2 is 0.965 bits per heavy atom. The molecule has 1 atom stereocenters. The van der Waals surface area contributed by atoms with Gasteiger partial charge in [0.05, 0.1) is 0 Å². The third-order valence-corrected chi connectivity index (χ3v) is 10.7. The fourth-order valence-corrected chi connectivity index (χ4v) is 7.50. The van der Waals surface area contributed by atoms with Crippen LogP contribution in [0.5, 0.6) is 0 Å². The Morgan fingerprint density at radius 3 is 1.37 bits per heavy atom. The molecule has 0 aliphatic heterocycles. The topological polar surface area (TPSA) is 174 Å². The Hall–Kier alpha value is -3.70. The van der Waals surface area contributed by atoms with Gasteiger partial charge in [-0.25, -0.2) is 19.6 Å². The van der Waals surface area contributed by atoms with E-state index < -0.39 is 12.1 Å². The molecule has 0 aliphatic rings. The van der Waals surface area contributed by atoms with Gasteiger partial charge in [-0.3, -0.25) is 30.2 Å². The van der Waals surface area contributed by atoms with E-state index in [0.29, 0.717) is 37.3 Å². The lowest BCUT2D eigenvalue weighted by atomic mass is 9.82. The predicted octanol–water partition coefficient (Wildman–Crippen LogP) is 10.9. The summed E-state index contributed by atoms with van der Waals surface area (Å²) >= 11 is 0. The Bertz CT molecular complexity index is 1490. The number of hydrogen-bond donors (Lipinski definition) is 6. The van der Waals surface area contributed by atoms with E-state index in [1.807, 2.05) is 0 Å². The number of aromatic nitrogens is 4. The van der Waals surface area contributed by atoms with Gasteiger partial charge in [-0.15, -0.1) is 0 Å². The highest BCUT2D eigenvalue weighted by molar-refractivity contribution is 5.87. The van der Waals surface area contributed by atoms with E-state index in [0.717, 1.165) is 38.5 Å². The lowest BCUT2D eigenvalue weighted by Gasteiger charge is -2.28. The molecule has 0 aliphatic carbocycles. The van der Waals surface area contributed by atoms with E-state index in [4.69, 9.17) is 0 Å². The monoisotopic (exact) mass is 797 g/mol. The molecule has 0 saturated carbocycles. The number of urea groups is 2. The normalized spacial score (nSPS) is 12.0. The molecule has 0 aromatic carbocycles. The van der Waals surface area contributed by atoms with E-state index in [1.165, 1.54) is 128 Å². The number of nitrogens with zero attached hydrogens (tertiary/aromatic N) is 2. The van der Waals surface area contributed by atoms with E-state index in [9.17, 15) is 19.2 Å². The second-order valence-corrected chi connectivity index (χ2v) is 17.2. The van der Waals surface area contributed by atoms with Crippen LogP contribution in [0.2, 0.25) is 0 Å². The second-order valence-electron chi connectivity index (χ2n) is 17.2. The number of carbonyl (C=O) groups is 2. The third-order valence-electron chi connectivity index (χ3n) is 10.7. The minimum Gasteiger partial charge on any atom is -0.338 e. The predicted molar refractivity (Wildman–Crippen MR) is 236 cm³/mol. The molecule has 2 aromatic heterocycles. The molecule has 4 amide bonds. The molecule has 0 spiro atoms. The standard InChI is InChI=1S/C45H80N8O4/c1-6-8-10-12-14-16-18-20-22-24-26-28-37-32-39(54)50-41(48-37)52-43(56)46-31-30-36(3)34-45(4,5)35-47-44(57)53-42-49-38(33-40(55)51-42)29-27-25-23-21-19-17-15-13-11-9-7-2/h32-33,36H,6-31,34-35H2,1-5H3,(H3,46,48,50,52,54,56)(H3,47,49,51,53,55,57). The first kappa shape index (κ1) is 49.4. The highest BCUT2D eigenvalue weighted by Crippen LogP contribution is 2.26. The zero-order valence-corrected chi connectivity index (χ0v) is 36.6. The molecule has 0 radical (unpaired) electrons. The summed E-state index contributed by atoms with van der Waals surface area (Å²) in [6.07, 6.45) is 30.7. The average molecular weight is 797 g/mol. The maximum atomic E-state index is 12.7. The fraction of sp³-hybridized carbons (Fsp3) is 0.778. The number of H-pyrrole nitrogens is 2. The molecule has 0 bridgehead atoms. The molecule has 2 aromatic rings. The van der Waals surface area contributed by atoms with E-state index in [1.54, 1.807) is 0 Å². The minimum absolute atomic E-state index is 0.156. The highest BCUT2D eigenvalue weighted by Gasteiger charge is 2.22. The van der Waals surface area contributed by atoms with Crippen LogP contribution in [-0.4, -0.2) is 45.1 Å². The molecule has 12 heteroatoms. The van der Waals surface area contributed by atoms with Crippen LogP contribution in [0.1, 0.15) is 200 Å². The number of unbranched alkanes of at least 4 members (excludes halogenated alkanes) is 20. The van der Waals surface area contributed by atoms with Gasteiger partial charge in [-0.1, -0.05) is 163 Å². The lowest BCUT2D eigenvalue weighted by Crippen LogP contribution is -2.38. The number of aryl methyl sites for hydroxylation is 2. The summed E-state index contributed by atoms with van der Waals surface area (Å²) < 4.78 is 0. The van der Waals surface area contributed by atoms with Crippen molar-refractivity contribution in [3.8, 4) is 0 Å². The zero-order chi connectivity index (χ0) is 41.6. The SMILES string of the molecule is CCCCCCCCCCCCCc1cc(=O)[nH]c(NC(=O)NCCC(C)CC(C)(C)CNC(=O)Nc2nc(CCCCCCCCCCCCC)cc(=O)[nH]2)n1. The van der Waals surface area contributed by atoms with E-state index >= 15 is 0 Å². The van der Waals surface area contributed by atoms with Gasteiger partial charge in [0.2, 0.25) is 11.9 Å². The second kappa shape index (κ2) is 30.4. The number of rotatable bonds is 33. The smallest absolute Gasteiger partial charge is 0.321 e. The van der Waals surface area contributed by atoms with Gasteiger partial charge < -0.3 is 10.6 Å².